The second-order valence-corrected chi connectivity index (χ2v) is 5.80. The molecule has 2 heteroatoms. The van der Waals surface area contributed by atoms with Crippen molar-refractivity contribution in [3.8, 4) is 0 Å². The van der Waals surface area contributed by atoms with E-state index in [0.717, 1.165) is 13.1 Å². The van der Waals surface area contributed by atoms with Crippen LogP contribution in [0.1, 0.15) is 49.4 Å². The summed E-state index contributed by atoms with van der Waals surface area (Å²) >= 11 is 0. The van der Waals surface area contributed by atoms with Crippen molar-refractivity contribution in [3.05, 3.63) is 35.0 Å². The van der Waals surface area contributed by atoms with E-state index in [1.807, 2.05) is 7.05 Å². The molecule has 0 unspecified atom stereocenters. The van der Waals surface area contributed by atoms with E-state index in [1.54, 1.807) is 0 Å². The summed E-state index contributed by atoms with van der Waals surface area (Å²) in [4.78, 5) is 0. The van der Waals surface area contributed by atoms with Crippen LogP contribution in [0.2, 0.25) is 0 Å². The van der Waals surface area contributed by atoms with Gasteiger partial charge in [0.1, 0.15) is 0 Å². The number of aryl methyl sites for hydroxylation is 2. The number of hydrogen-bond acceptors (Lipinski definition) is 1. The third kappa shape index (κ3) is 3.06. The molecular formula is C18H28N2. The maximum Gasteiger partial charge on any atom is 0.0485 e. The van der Waals surface area contributed by atoms with Crippen LogP contribution < -0.4 is 5.32 Å². The van der Waals surface area contributed by atoms with Crippen LogP contribution in [0, 0.1) is 13.8 Å². The molecule has 2 nitrogen and oxygen atoms in total. The summed E-state index contributed by atoms with van der Waals surface area (Å²) in [6.07, 6.45) is 5.28. The Morgan fingerprint density at radius 2 is 1.90 bits per heavy atom. The van der Waals surface area contributed by atoms with Crippen LogP contribution in [0.4, 0.5) is 0 Å². The number of nitrogens with zero attached hydrogens (tertiary/aromatic N) is 1. The molecule has 1 aromatic carbocycles. The first-order valence-electron chi connectivity index (χ1n) is 7.92. The number of rotatable bonds is 7. The molecule has 2 aromatic rings. The maximum absolute atomic E-state index is 3.23. The minimum atomic E-state index is 0.941. The van der Waals surface area contributed by atoms with E-state index in [9.17, 15) is 0 Å². The first-order chi connectivity index (χ1) is 9.69. The van der Waals surface area contributed by atoms with E-state index in [0.29, 0.717) is 0 Å². The molecule has 0 aliphatic rings. The van der Waals surface area contributed by atoms with Crippen molar-refractivity contribution >= 4 is 10.9 Å². The highest BCUT2D eigenvalue weighted by Crippen LogP contribution is 2.26. The topological polar surface area (TPSA) is 17.0 Å². The molecule has 0 amide bonds. The second-order valence-electron chi connectivity index (χ2n) is 5.80. The molecule has 0 fully saturated rings. The summed E-state index contributed by atoms with van der Waals surface area (Å²) in [6, 6.07) is 6.89. The lowest BCUT2D eigenvalue weighted by molar-refractivity contribution is 0.586. The summed E-state index contributed by atoms with van der Waals surface area (Å²) in [7, 11) is 2.00. The number of fused-ring (bicyclic) bond motifs is 1. The van der Waals surface area contributed by atoms with E-state index in [4.69, 9.17) is 0 Å². The summed E-state index contributed by atoms with van der Waals surface area (Å²) in [5.74, 6) is 0. The Hall–Kier alpha value is -1.28. The van der Waals surface area contributed by atoms with E-state index in [1.165, 1.54) is 53.4 Å². The van der Waals surface area contributed by atoms with Gasteiger partial charge >= 0.3 is 0 Å². The van der Waals surface area contributed by atoms with E-state index in [2.05, 4.69) is 48.9 Å². The molecule has 110 valence electrons. The van der Waals surface area contributed by atoms with Gasteiger partial charge in [0.15, 0.2) is 0 Å². The summed E-state index contributed by atoms with van der Waals surface area (Å²) < 4.78 is 2.50. The molecule has 0 bridgehead atoms. The van der Waals surface area contributed by atoms with Crippen molar-refractivity contribution in [3.63, 3.8) is 0 Å². The van der Waals surface area contributed by atoms with Crippen molar-refractivity contribution < 1.29 is 0 Å². The zero-order valence-corrected chi connectivity index (χ0v) is 13.4. The van der Waals surface area contributed by atoms with Crippen molar-refractivity contribution in [1.29, 1.82) is 0 Å². The first-order valence-corrected chi connectivity index (χ1v) is 7.92. The van der Waals surface area contributed by atoms with Crippen molar-refractivity contribution in [2.75, 3.05) is 7.05 Å². The molecule has 20 heavy (non-hydrogen) atoms. The SMILES string of the molecule is CCCCCCn1c(C)c(C)c2cc(CNC)ccc21. The third-order valence-electron chi connectivity index (χ3n) is 4.32. The van der Waals surface area contributed by atoms with Gasteiger partial charge in [0.25, 0.3) is 0 Å². The zero-order chi connectivity index (χ0) is 14.5. The molecule has 0 saturated carbocycles. The van der Waals surface area contributed by atoms with Gasteiger partial charge < -0.3 is 9.88 Å². The monoisotopic (exact) mass is 272 g/mol. The van der Waals surface area contributed by atoms with E-state index >= 15 is 0 Å². The fourth-order valence-corrected chi connectivity index (χ4v) is 3.00. The molecular weight excluding hydrogens is 244 g/mol. The van der Waals surface area contributed by atoms with Crippen LogP contribution in [0.3, 0.4) is 0 Å². The lowest BCUT2D eigenvalue weighted by Gasteiger charge is -2.08. The van der Waals surface area contributed by atoms with Gasteiger partial charge in [-0.3, -0.25) is 0 Å². The highest BCUT2D eigenvalue weighted by molar-refractivity contribution is 5.86. The van der Waals surface area contributed by atoms with Crippen LogP contribution in [-0.4, -0.2) is 11.6 Å². The van der Waals surface area contributed by atoms with Gasteiger partial charge in [0.05, 0.1) is 0 Å². The molecule has 0 spiro atoms. The molecule has 0 aliphatic carbocycles. The van der Waals surface area contributed by atoms with Gasteiger partial charge in [-0.25, -0.2) is 0 Å². The van der Waals surface area contributed by atoms with Gasteiger partial charge in [-0.2, -0.15) is 0 Å². The fourth-order valence-electron chi connectivity index (χ4n) is 3.00. The van der Waals surface area contributed by atoms with Crippen LogP contribution in [0.25, 0.3) is 10.9 Å². The van der Waals surface area contributed by atoms with Crippen LogP contribution in [0.5, 0.6) is 0 Å². The minimum absolute atomic E-state index is 0.941. The number of nitrogens with one attached hydrogen (secondary N) is 1. The largest absolute Gasteiger partial charge is 0.345 e. The average Bonchev–Trinajstić information content (AvgIpc) is 2.68. The summed E-state index contributed by atoms with van der Waals surface area (Å²) in [5.41, 5.74) is 5.63. The van der Waals surface area contributed by atoms with Crippen molar-refractivity contribution in [1.82, 2.24) is 9.88 Å². The number of benzene rings is 1. The number of hydrogen-bond donors (Lipinski definition) is 1. The van der Waals surface area contributed by atoms with Crippen molar-refractivity contribution in [2.45, 2.75) is 59.5 Å². The Morgan fingerprint density at radius 1 is 1.10 bits per heavy atom. The van der Waals surface area contributed by atoms with Gasteiger partial charge in [-0.05, 0) is 50.6 Å². The number of aromatic nitrogens is 1. The molecule has 1 heterocycles. The predicted octanol–water partition coefficient (Wildman–Crippen LogP) is 4.56. The van der Waals surface area contributed by atoms with Gasteiger partial charge in [0.2, 0.25) is 0 Å². The van der Waals surface area contributed by atoms with Gasteiger partial charge in [0, 0.05) is 29.7 Å². The maximum atomic E-state index is 3.23. The minimum Gasteiger partial charge on any atom is -0.345 e. The third-order valence-corrected chi connectivity index (χ3v) is 4.32. The highest BCUT2D eigenvalue weighted by Gasteiger charge is 2.10. The summed E-state index contributed by atoms with van der Waals surface area (Å²) in [5, 5.41) is 4.65. The quantitative estimate of drug-likeness (QED) is 0.731. The van der Waals surface area contributed by atoms with Gasteiger partial charge in [-0.1, -0.05) is 32.3 Å². The molecule has 0 aliphatic heterocycles. The zero-order valence-electron chi connectivity index (χ0n) is 13.4. The van der Waals surface area contributed by atoms with Crippen molar-refractivity contribution in [2.24, 2.45) is 0 Å². The Kier molecular flexibility index (Phi) is 5.24. The lowest BCUT2D eigenvalue weighted by atomic mass is 10.1. The van der Waals surface area contributed by atoms with E-state index < -0.39 is 0 Å². The average molecular weight is 272 g/mol. The Balaban J connectivity index is 2.28. The molecule has 1 aromatic heterocycles. The van der Waals surface area contributed by atoms with Crippen LogP contribution >= 0.6 is 0 Å². The molecule has 0 saturated heterocycles. The fraction of sp³-hybridized carbons (Fsp3) is 0.556. The standard InChI is InChI=1S/C18H28N2/c1-5-6-7-8-11-20-15(3)14(2)17-12-16(13-19-4)9-10-18(17)20/h9-10,12,19H,5-8,11,13H2,1-4H3. The molecule has 1 N–H and O–H groups in total. The molecule has 2 rings (SSSR count). The Bertz CT molecular complexity index is 566. The summed E-state index contributed by atoms with van der Waals surface area (Å²) in [6.45, 7) is 8.87. The van der Waals surface area contributed by atoms with E-state index in [-0.39, 0.29) is 0 Å². The van der Waals surface area contributed by atoms with Crippen LogP contribution in [-0.2, 0) is 13.1 Å². The van der Waals surface area contributed by atoms with Crippen LogP contribution in [0.15, 0.2) is 18.2 Å². The normalized spacial score (nSPS) is 11.4. The molecule has 0 atom stereocenters. The van der Waals surface area contributed by atoms with Gasteiger partial charge in [-0.15, -0.1) is 0 Å². The second kappa shape index (κ2) is 6.94. The Labute approximate surface area is 123 Å². The molecule has 0 radical (unpaired) electrons. The Morgan fingerprint density at radius 3 is 2.60 bits per heavy atom. The number of unbranched alkanes of at least 4 members (excludes halogenated alkanes) is 3. The highest BCUT2D eigenvalue weighted by atomic mass is 15.0. The lowest BCUT2D eigenvalue weighted by Crippen LogP contribution is -2.04. The smallest absolute Gasteiger partial charge is 0.0485 e. The first kappa shape index (κ1) is 15.1. The predicted molar refractivity (Wildman–Crippen MR) is 88.3 cm³/mol.